The molecule has 182 valence electrons. The van der Waals surface area contributed by atoms with Gasteiger partial charge in [-0.3, -0.25) is 9.29 Å². The Morgan fingerprint density at radius 2 is 1.67 bits per heavy atom. The smallest absolute Gasteiger partial charge is 0.267 e. The lowest BCUT2D eigenvalue weighted by Gasteiger charge is -2.22. The molecule has 0 unspecified atom stereocenters. The van der Waals surface area contributed by atoms with Gasteiger partial charge in [-0.2, -0.15) is 0 Å². The van der Waals surface area contributed by atoms with Crippen molar-refractivity contribution in [3.63, 3.8) is 0 Å². The van der Waals surface area contributed by atoms with Gasteiger partial charge in [0.05, 0.1) is 7.11 Å². The average molecular weight is 508 g/mol. The molecule has 4 aromatic heterocycles. The van der Waals surface area contributed by atoms with E-state index >= 15 is 0 Å². The quantitative estimate of drug-likeness (QED) is 0.354. The van der Waals surface area contributed by atoms with E-state index in [9.17, 15) is 17.2 Å². The lowest BCUT2D eigenvalue weighted by Crippen LogP contribution is -2.28. The lowest BCUT2D eigenvalue weighted by atomic mass is 10.0. The Bertz CT molecular complexity index is 1690. The first kappa shape index (κ1) is 23.4. The summed E-state index contributed by atoms with van der Waals surface area (Å²) < 4.78 is 60.2. The van der Waals surface area contributed by atoms with Crippen LogP contribution in [0.1, 0.15) is 0 Å². The number of aromatic amines is 1. The van der Waals surface area contributed by atoms with Crippen molar-refractivity contribution in [3.05, 3.63) is 85.1 Å². The number of halogens is 2. The highest BCUT2D eigenvalue weighted by atomic mass is 32.2. The predicted octanol–water partition coefficient (Wildman–Crippen LogP) is 4.80. The minimum absolute atomic E-state index is 0.0144. The number of nitrogens with one attached hydrogen (secondary N) is 1. The van der Waals surface area contributed by atoms with Crippen molar-refractivity contribution >= 4 is 26.7 Å². The Hall–Kier alpha value is -4.38. The van der Waals surface area contributed by atoms with Crippen molar-refractivity contribution in [3.8, 4) is 28.1 Å². The first-order valence-corrected chi connectivity index (χ1v) is 12.1. The second-order valence-electron chi connectivity index (χ2n) is 7.86. The molecule has 0 saturated carbocycles. The summed E-state index contributed by atoms with van der Waals surface area (Å²) in [5.41, 5.74) is 3.86. The van der Waals surface area contributed by atoms with Crippen molar-refractivity contribution in [2.24, 2.45) is 0 Å². The fourth-order valence-electron chi connectivity index (χ4n) is 3.87. The molecule has 0 amide bonds. The zero-order valence-electron chi connectivity index (χ0n) is 19.1. The zero-order valence-corrected chi connectivity index (χ0v) is 19.9. The van der Waals surface area contributed by atoms with Gasteiger partial charge in [-0.1, -0.05) is 0 Å². The second-order valence-corrected chi connectivity index (χ2v) is 9.80. The molecule has 36 heavy (non-hydrogen) atoms. The third-order valence-corrected chi connectivity index (χ3v) is 7.56. The highest BCUT2D eigenvalue weighted by Crippen LogP contribution is 2.36. The van der Waals surface area contributed by atoms with Crippen LogP contribution in [0.3, 0.4) is 0 Å². The SMILES string of the molecule is COc1ncc(-c2cnc3[nH]cc(-c4ccncc4)c3c2)cc1N(C)S(=O)(=O)c1ccc(F)cc1F. The van der Waals surface area contributed by atoms with Crippen LogP contribution in [0.25, 0.3) is 33.3 Å². The number of hydrogen-bond acceptors (Lipinski definition) is 6. The number of aromatic nitrogens is 4. The van der Waals surface area contributed by atoms with E-state index in [1.54, 1.807) is 24.7 Å². The summed E-state index contributed by atoms with van der Waals surface area (Å²) in [5, 5.41) is 0.852. The van der Waals surface area contributed by atoms with E-state index in [2.05, 4.69) is 19.9 Å². The monoisotopic (exact) mass is 507 g/mol. The third-order valence-electron chi connectivity index (χ3n) is 5.75. The number of anilines is 1. The number of ether oxygens (including phenoxy) is 1. The molecule has 0 atom stereocenters. The van der Waals surface area contributed by atoms with Gasteiger partial charge in [0.15, 0.2) is 0 Å². The average Bonchev–Trinajstić information content (AvgIpc) is 3.31. The van der Waals surface area contributed by atoms with Crippen molar-refractivity contribution in [2.75, 3.05) is 18.5 Å². The fraction of sp³-hybridized carbons (Fsp3) is 0.0800. The molecule has 0 bridgehead atoms. The van der Waals surface area contributed by atoms with Crippen LogP contribution in [0.4, 0.5) is 14.5 Å². The van der Waals surface area contributed by atoms with Crippen LogP contribution in [0.5, 0.6) is 5.88 Å². The molecular weight excluding hydrogens is 488 g/mol. The highest BCUT2D eigenvalue weighted by Gasteiger charge is 2.28. The van der Waals surface area contributed by atoms with Gasteiger partial charge < -0.3 is 9.72 Å². The van der Waals surface area contributed by atoms with E-state index in [1.165, 1.54) is 20.4 Å². The minimum Gasteiger partial charge on any atom is -0.479 e. The number of hydrogen-bond donors (Lipinski definition) is 1. The molecule has 0 aliphatic heterocycles. The molecule has 0 radical (unpaired) electrons. The van der Waals surface area contributed by atoms with E-state index in [0.29, 0.717) is 22.8 Å². The molecule has 8 nitrogen and oxygen atoms in total. The Labute approximate surface area is 205 Å². The van der Waals surface area contributed by atoms with Gasteiger partial charge in [0.2, 0.25) is 5.88 Å². The van der Waals surface area contributed by atoms with Crippen LogP contribution < -0.4 is 9.04 Å². The number of fused-ring (bicyclic) bond motifs is 1. The molecular formula is C25H19F2N5O3S. The number of benzene rings is 1. The normalized spacial score (nSPS) is 11.6. The first-order valence-electron chi connectivity index (χ1n) is 10.7. The molecule has 0 aliphatic rings. The zero-order chi connectivity index (χ0) is 25.4. The van der Waals surface area contributed by atoms with Gasteiger partial charge in [0.25, 0.3) is 10.0 Å². The highest BCUT2D eigenvalue weighted by molar-refractivity contribution is 7.92. The van der Waals surface area contributed by atoms with Crippen LogP contribution in [-0.4, -0.2) is 42.5 Å². The van der Waals surface area contributed by atoms with Crippen LogP contribution in [-0.2, 0) is 10.0 Å². The van der Waals surface area contributed by atoms with Crippen molar-refractivity contribution < 1.29 is 21.9 Å². The third kappa shape index (κ3) is 4.03. The molecule has 1 N–H and O–H groups in total. The Kier molecular flexibility index (Phi) is 5.84. The van der Waals surface area contributed by atoms with E-state index in [-0.39, 0.29) is 11.6 Å². The van der Waals surface area contributed by atoms with Gasteiger partial charge in [-0.05, 0) is 42.0 Å². The summed E-state index contributed by atoms with van der Waals surface area (Å²) in [6, 6.07) is 9.53. The minimum atomic E-state index is -4.39. The van der Waals surface area contributed by atoms with Gasteiger partial charge in [0, 0.05) is 66.2 Å². The van der Waals surface area contributed by atoms with Gasteiger partial charge in [-0.15, -0.1) is 0 Å². The molecule has 0 fully saturated rings. The first-order chi connectivity index (χ1) is 17.3. The Balaban J connectivity index is 1.60. The molecule has 0 aliphatic carbocycles. The largest absolute Gasteiger partial charge is 0.479 e. The summed E-state index contributed by atoms with van der Waals surface area (Å²) >= 11 is 0. The second kappa shape index (κ2) is 9.00. The Morgan fingerprint density at radius 3 is 2.39 bits per heavy atom. The van der Waals surface area contributed by atoms with E-state index in [0.717, 1.165) is 33.0 Å². The van der Waals surface area contributed by atoms with Gasteiger partial charge >= 0.3 is 0 Å². The molecule has 0 saturated heterocycles. The number of methoxy groups -OCH3 is 1. The number of nitrogens with zero attached hydrogens (tertiary/aromatic N) is 4. The summed E-state index contributed by atoms with van der Waals surface area (Å²) in [5.74, 6) is -2.06. The van der Waals surface area contributed by atoms with Crippen LogP contribution in [0.15, 0.2) is 78.3 Å². The number of rotatable bonds is 6. The molecule has 5 aromatic rings. The molecule has 4 heterocycles. The maximum Gasteiger partial charge on any atom is 0.267 e. The topological polar surface area (TPSA) is 101 Å². The van der Waals surface area contributed by atoms with Crippen molar-refractivity contribution in [1.29, 1.82) is 0 Å². The van der Waals surface area contributed by atoms with Crippen LogP contribution >= 0.6 is 0 Å². The van der Waals surface area contributed by atoms with E-state index < -0.39 is 26.6 Å². The summed E-state index contributed by atoms with van der Waals surface area (Å²) in [7, 11) is -1.80. The van der Waals surface area contributed by atoms with Crippen LogP contribution in [0, 0.1) is 11.6 Å². The molecule has 5 rings (SSSR count). The summed E-state index contributed by atoms with van der Waals surface area (Å²) in [6.07, 6.45) is 8.42. The van der Waals surface area contributed by atoms with E-state index in [1.807, 2.05) is 24.4 Å². The molecule has 11 heteroatoms. The summed E-state index contributed by atoms with van der Waals surface area (Å²) in [6.45, 7) is 0. The molecule has 1 aromatic carbocycles. The lowest BCUT2D eigenvalue weighted by molar-refractivity contribution is 0.399. The number of sulfonamides is 1. The van der Waals surface area contributed by atoms with Crippen molar-refractivity contribution in [1.82, 2.24) is 19.9 Å². The fourth-order valence-corrected chi connectivity index (χ4v) is 5.10. The maximum absolute atomic E-state index is 14.3. The van der Waals surface area contributed by atoms with Crippen LogP contribution in [0.2, 0.25) is 0 Å². The number of pyridine rings is 3. The predicted molar refractivity (Wildman–Crippen MR) is 131 cm³/mol. The standard InChI is InChI=1S/C25H19F2N5O3S/c1-32(36(33,34)23-4-3-18(26)11-21(23)27)22-10-17(13-31-25(22)35-2)16-9-19-20(14-30-24(19)29-12-16)15-5-7-28-8-6-15/h3-14H,1-2H3,(H,29,30). The van der Waals surface area contributed by atoms with Gasteiger partial charge in [0.1, 0.15) is 27.9 Å². The summed E-state index contributed by atoms with van der Waals surface area (Å²) in [4.78, 5) is 15.3. The molecule has 0 spiro atoms. The Morgan fingerprint density at radius 1 is 0.944 bits per heavy atom. The maximum atomic E-state index is 14.3. The van der Waals surface area contributed by atoms with Crippen molar-refractivity contribution in [2.45, 2.75) is 4.90 Å². The number of H-pyrrole nitrogens is 1. The van der Waals surface area contributed by atoms with Gasteiger partial charge in [-0.25, -0.2) is 27.2 Å². The van der Waals surface area contributed by atoms with E-state index in [4.69, 9.17) is 4.74 Å².